The van der Waals surface area contributed by atoms with Gasteiger partial charge in [0.15, 0.2) is 0 Å². The normalized spacial score (nSPS) is 16.6. The number of nitrogens with zero attached hydrogens (tertiary/aromatic N) is 1. The van der Waals surface area contributed by atoms with Crippen LogP contribution in [0.4, 0.5) is 4.39 Å². The molecule has 1 heterocycles. The number of rotatable bonds is 4. The highest BCUT2D eigenvalue weighted by Gasteiger charge is 2.35. The zero-order valence-electron chi connectivity index (χ0n) is 14.9. The SMILES string of the molecule is CNC(=O)C[C@@H]1C(=O)NCCN1C(=O)c1cccc(-c2ccccc2F)c1. The first-order valence-corrected chi connectivity index (χ1v) is 8.65. The highest BCUT2D eigenvalue weighted by atomic mass is 19.1. The highest BCUT2D eigenvalue weighted by Crippen LogP contribution is 2.24. The molecule has 1 saturated heterocycles. The van der Waals surface area contributed by atoms with E-state index in [4.69, 9.17) is 0 Å². The fraction of sp³-hybridized carbons (Fsp3) is 0.250. The van der Waals surface area contributed by atoms with Crippen molar-refractivity contribution in [3.8, 4) is 11.1 Å². The summed E-state index contributed by atoms with van der Waals surface area (Å²) in [7, 11) is 1.48. The molecule has 3 rings (SSSR count). The molecule has 1 fully saturated rings. The molecule has 0 radical (unpaired) electrons. The molecule has 3 amide bonds. The van der Waals surface area contributed by atoms with Crippen molar-refractivity contribution >= 4 is 17.7 Å². The maximum Gasteiger partial charge on any atom is 0.254 e. The number of nitrogens with one attached hydrogen (secondary N) is 2. The van der Waals surface area contributed by atoms with Gasteiger partial charge in [0, 0.05) is 31.3 Å². The van der Waals surface area contributed by atoms with Crippen molar-refractivity contribution in [1.82, 2.24) is 15.5 Å². The number of amides is 3. The number of carbonyl (C=O) groups excluding carboxylic acids is 3. The average molecular weight is 369 g/mol. The van der Waals surface area contributed by atoms with Crippen molar-refractivity contribution in [2.45, 2.75) is 12.5 Å². The molecule has 1 aliphatic heterocycles. The largest absolute Gasteiger partial charge is 0.359 e. The van der Waals surface area contributed by atoms with Crippen LogP contribution in [0.3, 0.4) is 0 Å². The molecule has 0 spiro atoms. The molecule has 1 atom stereocenters. The minimum absolute atomic E-state index is 0.110. The van der Waals surface area contributed by atoms with Gasteiger partial charge in [-0.2, -0.15) is 0 Å². The van der Waals surface area contributed by atoms with Gasteiger partial charge in [-0.1, -0.05) is 30.3 Å². The van der Waals surface area contributed by atoms with Gasteiger partial charge < -0.3 is 15.5 Å². The van der Waals surface area contributed by atoms with E-state index in [0.717, 1.165) is 0 Å². The number of carbonyl (C=O) groups is 3. The van der Waals surface area contributed by atoms with Crippen LogP contribution in [0.2, 0.25) is 0 Å². The van der Waals surface area contributed by atoms with E-state index in [1.807, 2.05) is 0 Å². The minimum Gasteiger partial charge on any atom is -0.359 e. The summed E-state index contributed by atoms with van der Waals surface area (Å²) in [6.45, 7) is 0.623. The lowest BCUT2D eigenvalue weighted by Gasteiger charge is -2.34. The van der Waals surface area contributed by atoms with E-state index < -0.39 is 6.04 Å². The second-order valence-electron chi connectivity index (χ2n) is 6.24. The molecule has 6 nitrogen and oxygen atoms in total. The molecule has 0 unspecified atom stereocenters. The maximum atomic E-state index is 14.1. The summed E-state index contributed by atoms with van der Waals surface area (Å²) in [5, 5.41) is 5.15. The highest BCUT2D eigenvalue weighted by molar-refractivity contribution is 6.00. The molecule has 7 heteroatoms. The van der Waals surface area contributed by atoms with Crippen molar-refractivity contribution in [3.63, 3.8) is 0 Å². The Balaban J connectivity index is 1.90. The molecular formula is C20H20FN3O3. The fourth-order valence-electron chi connectivity index (χ4n) is 3.12. The summed E-state index contributed by atoms with van der Waals surface area (Å²) < 4.78 is 14.1. The predicted octanol–water partition coefficient (Wildman–Crippen LogP) is 1.57. The number of benzene rings is 2. The lowest BCUT2D eigenvalue weighted by atomic mass is 10.0. The summed E-state index contributed by atoms with van der Waals surface area (Å²) >= 11 is 0. The second kappa shape index (κ2) is 7.99. The summed E-state index contributed by atoms with van der Waals surface area (Å²) in [6.07, 6.45) is -0.110. The molecule has 2 aromatic carbocycles. The van der Waals surface area contributed by atoms with E-state index in [1.165, 1.54) is 18.0 Å². The monoisotopic (exact) mass is 369 g/mol. The Morgan fingerprint density at radius 3 is 2.74 bits per heavy atom. The molecule has 140 valence electrons. The van der Waals surface area contributed by atoms with E-state index in [0.29, 0.717) is 29.8 Å². The first-order valence-electron chi connectivity index (χ1n) is 8.65. The molecule has 2 N–H and O–H groups in total. The summed E-state index contributed by atoms with van der Waals surface area (Å²) in [5.41, 5.74) is 1.31. The summed E-state index contributed by atoms with van der Waals surface area (Å²) in [4.78, 5) is 38.3. The van der Waals surface area contributed by atoms with Crippen molar-refractivity contribution in [2.75, 3.05) is 20.1 Å². The average Bonchev–Trinajstić information content (AvgIpc) is 2.69. The number of halogens is 1. The van der Waals surface area contributed by atoms with Gasteiger partial charge >= 0.3 is 0 Å². The Hall–Kier alpha value is -3.22. The third-order valence-electron chi connectivity index (χ3n) is 4.54. The minimum atomic E-state index is -0.872. The molecule has 0 saturated carbocycles. The standard InChI is InChI=1S/C20H20FN3O3/c1-22-18(25)12-17-19(26)23-9-10-24(17)20(27)14-6-4-5-13(11-14)15-7-2-3-8-16(15)21/h2-8,11,17H,9-10,12H2,1H3,(H,22,25)(H,23,26)/t17-/m1/s1. The number of hydrogen-bond acceptors (Lipinski definition) is 3. The van der Waals surface area contributed by atoms with Gasteiger partial charge in [-0.25, -0.2) is 4.39 Å². The van der Waals surface area contributed by atoms with Crippen molar-refractivity contribution < 1.29 is 18.8 Å². The van der Waals surface area contributed by atoms with Crippen LogP contribution in [0, 0.1) is 5.82 Å². The van der Waals surface area contributed by atoms with Crippen LogP contribution in [0.25, 0.3) is 11.1 Å². The van der Waals surface area contributed by atoms with Crippen molar-refractivity contribution in [1.29, 1.82) is 0 Å². The summed E-state index contributed by atoms with van der Waals surface area (Å²) in [5.74, 6) is -1.42. The number of piperazine rings is 1. The first kappa shape index (κ1) is 18.6. The first-order chi connectivity index (χ1) is 13.0. The topological polar surface area (TPSA) is 78.5 Å². The Morgan fingerprint density at radius 1 is 1.22 bits per heavy atom. The molecule has 2 aromatic rings. The van der Waals surface area contributed by atoms with Gasteiger partial charge in [-0.3, -0.25) is 14.4 Å². The van der Waals surface area contributed by atoms with Crippen LogP contribution >= 0.6 is 0 Å². The smallest absolute Gasteiger partial charge is 0.254 e. The van der Waals surface area contributed by atoms with E-state index in [1.54, 1.807) is 42.5 Å². The van der Waals surface area contributed by atoms with E-state index in [-0.39, 0.29) is 30.0 Å². The summed E-state index contributed by atoms with van der Waals surface area (Å²) in [6, 6.07) is 12.1. The molecule has 0 bridgehead atoms. The van der Waals surface area contributed by atoms with Crippen molar-refractivity contribution in [2.24, 2.45) is 0 Å². The van der Waals surface area contributed by atoms with Gasteiger partial charge in [0.25, 0.3) is 5.91 Å². The van der Waals surface area contributed by atoms with Crippen LogP contribution in [0.5, 0.6) is 0 Å². The second-order valence-corrected chi connectivity index (χ2v) is 6.24. The molecule has 27 heavy (non-hydrogen) atoms. The van der Waals surface area contributed by atoms with E-state index >= 15 is 0 Å². The molecule has 1 aliphatic rings. The third kappa shape index (κ3) is 3.97. The molecule has 0 aliphatic carbocycles. The number of hydrogen-bond donors (Lipinski definition) is 2. The van der Waals surface area contributed by atoms with Gasteiger partial charge in [0.2, 0.25) is 11.8 Å². The lowest BCUT2D eigenvalue weighted by molar-refractivity contribution is -0.132. The van der Waals surface area contributed by atoms with Gasteiger partial charge in [-0.05, 0) is 23.8 Å². The Morgan fingerprint density at radius 2 is 2.00 bits per heavy atom. The van der Waals surface area contributed by atoms with Gasteiger partial charge in [0.05, 0.1) is 6.42 Å². The van der Waals surface area contributed by atoms with E-state index in [9.17, 15) is 18.8 Å². The third-order valence-corrected chi connectivity index (χ3v) is 4.54. The lowest BCUT2D eigenvalue weighted by Crippen LogP contribution is -2.58. The van der Waals surface area contributed by atoms with Crippen LogP contribution in [-0.4, -0.2) is 48.8 Å². The van der Waals surface area contributed by atoms with Crippen LogP contribution < -0.4 is 10.6 Å². The van der Waals surface area contributed by atoms with Gasteiger partial charge in [0.1, 0.15) is 11.9 Å². The Bertz CT molecular complexity index is 884. The Labute approximate surface area is 156 Å². The van der Waals surface area contributed by atoms with Crippen molar-refractivity contribution in [3.05, 3.63) is 59.9 Å². The van der Waals surface area contributed by atoms with Crippen LogP contribution in [0.1, 0.15) is 16.8 Å². The zero-order valence-corrected chi connectivity index (χ0v) is 14.9. The van der Waals surface area contributed by atoms with Crippen LogP contribution in [0.15, 0.2) is 48.5 Å². The predicted molar refractivity (Wildman–Crippen MR) is 98.4 cm³/mol. The Kier molecular flexibility index (Phi) is 5.49. The maximum absolute atomic E-state index is 14.1. The van der Waals surface area contributed by atoms with Crippen LogP contribution in [-0.2, 0) is 9.59 Å². The quantitative estimate of drug-likeness (QED) is 0.859. The molecular weight excluding hydrogens is 349 g/mol. The molecule has 0 aromatic heterocycles. The zero-order chi connectivity index (χ0) is 19.4. The van der Waals surface area contributed by atoms with E-state index in [2.05, 4.69) is 10.6 Å². The van der Waals surface area contributed by atoms with Gasteiger partial charge in [-0.15, -0.1) is 0 Å². The fourth-order valence-corrected chi connectivity index (χ4v) is 3.12.